The third kappa shape index (κ3) is 3.74. The molecule has 0 spiro atoms. The van der Waals surface area contributed by atoms with Gasteiger partial charge in [0.15, 0.2) is 6.23 Å². The van der Waals surface area contributed by atoms with Crippen molar-refractivity contribution in [1.29, 1.82) is 0 Å². The average Bonchev–Trinajstić information content (AvgIpc) is 2.56. The van der Waals surface area contributed by atoms with Crippen molar-refractivity contribution in [3.63, 3.8) is 0 Å². The molecule has 0 bridgehead atoms. The van der Waals surface area contributed by atoms with Crippen LogP contribution in [0.4, 0.5) is 11.4 Å². The molecule has 10 nitrogen and oxygen atoms in total. The van der Waals surface area contributed by atoms with E-state index < -0.39 is 42.2 Å². The van der Waals surface area contributed by atoms with Gasteiger partial charge in [-0.1, -0.05) is 0 Å². The Bertz CT molecular complexity index is 582. The number of nitrogens with one attached hydrogen (secondary N) is 1. The number of nitro groups is 1. The summed E-state index contributed by atoms with van der Waals surface area (Å²) in [6, 6.07) is 4.10. The van der Waals surface area contributed by atoms with Crippen LogP contribution in [0.15, 0.2) is 18.2 Å². The second-order valence-electron chi connectivity index (χ2n) is 5.26. The topological polar surface area (TPSA) is 155 Å². The van der Waals surface area contributed by atoms with Crippen molar-refractivity contribution >= 4 is 11.4 Å². The highest BCUT2D eigenvalue weighted by molar-refractivity contribution is 5.64. The molecule has 0 aliphatic carbocycles. The molecule has 0 saturated carbocycles. The molecule has 5 N–H and O–H groups in total. The monoisotopic (exact) mass is 344 g/mol. The van der Waals surface area contributed by atoms with Crippen LogP contribution in [0.2, 0.25) is 0 Å². The Morgan fingerprint density at radius 3 is 2.58 bits per heavy atom. The number of nitrogens with zero attached hydrogens (tertiary/aromatic N) is 1. The van der Waals surface area contributed by atoms with Gasteiger partial charge in [-0.05, 0) is 19.1 Å². The minimum Gasteiger partial charge on any atom is -0.494 e. The molecule has 0 aromatic heterocycles. The smallest absolute Gasteiger partial charge is 0.296 e. The highest BCUT2D eigenvalue weighted by Crippen LogP contribution is 2.31. The minimum atomic E-state index is -1.57. The van der Waals surface area contributed by atoms with Gasteiger partial charge in [0.2, 0.25) is 0 Å². The number of nitro benzene ring substituents is 1. The van der Waals surface area contributed by atoms with E-state index in [1.165, 1.54) is 18.2 Å². The molecule has 10 heteroatoms. The van der Waals surface area contributed by atoms with Gasteiger partial charge in [-0.15, -0.1) is 0 Å². The normalized spacial score (nSPS) is 30.0. The SMILES string of the molecule is CCOc1ccc(N[C@@H]2O[C@@H](CO)[C@@H](O)[C@@H](O)[C@H]2O)c([N+](=O)[O-])c1. The number of ether oxygens (including phenoxy) is 2. The third-order valence-electron chi connectivity index (χ3n) is 3.67. The molecule has 1 aliphatic rings. The van der Waals surface area contributed by atoms with Crippen LogP contribution in [-0.4, -0.2) is 69.2 Å². The lowest BCUT2D eigenvalue weighted by molar-refractivity contribution is -0.384. The Morgan fingerprint density at radius 2 is 2.00 bits per heavy atom. The predicted molar refractivity (Wildman–Crippen MR) is 81.7 cm³/mol. The van der Waals surface area contributed by atoms with Gasteiger partial charge in [0.25, 0.3) is 5.69 Å². The summed E-state index contributed by atoms with van der Waals surface area (Å²) in [6.45, 7) is 1.50. The summed E-state index contributed by atoms with van der Waals surface area (Å²) >= 11 is 0. The quantitative estimate of drug-likeness (QED) is 0.329. The maximum Gasteiger partial charge on any atom is 0.296 e. The van der Waals surface area contributed by atoms with Gasteiger partial charge in [0, 0.05) is 0 Å². The highest BCUT2D eigenvalue weighted by atomic mass is 16.6. The second-order valence-corrected chi connectivity index (χ2v) is 5.26. The molecular formula is C14H20N2O8. The molecule has 0 unspecified atom stereocenters. The van der Waals surface area contributed by atoms with Gasteiger partial charge in [0.1, 0.15) is 35.9 Å². The number of hydrogen-bond acceptors (Lipinski definition) is 9. The standard InChI is InChI=1S/C14H20N2O8/c1-2-23-7-3-4-8(9(5-7)16(21)22)15-14-13(20)12(19)11(18)10(6-17)24-14/h3-5,10-15,17-20H,2,6H2,1H3/t10-,11+,12+,13+,14+/m0/s1. The van der Waals surface area contributed by atoms with Crippen LogP contribution in [0.25, 0.3) is 0 Å². The number of rotatable bonds is 6. The molecule has 1 fully saturated rings. The maximum atomic E-state index is 11.2. The van der Waals surface area contributed by atoms with Gasteiger partial charge >= 0.3 is 0 Å². The van der Waals surface area contributed by atoms with Gasteiger partial charge in [-0.25, -0.2) is 0 Å². The molecule has 1 aromatic rings. The van der Waals surface area contributed by atoms with Crippen molar-refractivity contribution in [2.24, 2.45) is 0 Å². The van der Waals surface area contributed by atoms with Crippen molar-refractivity contribution in [2.45, 2.75) is 37.6 Å². The lowest BCUT2D eigenvalue weighted by atomic mass is 9.98. The zero-order chi connectivity index (χ0) is 17.9. The molecule has 24 heavy (non-hydrogen) atoms. The summed E-state index contributed by atoms with van der Waals surface area (Å²) in [7, 11) is 0. The van der Waals surface area contributed by atoms with Crippen molar-refractivity contribution in [3.05, 3.63) is 28.3 Å². The fourth-order valence-corrected chi connectivity index (χ4v) is 2.42. The first-order valence-electron chi connectivity index (χ1n) is 7.37. The first kappa shape index (κ1) is 18.4. The van der Waals surface area contributed by atoms with Crippen molar-refractivity contribution < 1.29 is 34.8 Å². The average molecular weight is 344 g/mol. The van der Waals surface area contributed by atoms with E-state index in [9.17, 15) is 25.4 Å². The maximum absolute atomic E-state index is 11.2. The van der Waals surface area contributed by atoms with Crippen molar-refractivity contribution in [3.8, 4) is 5.75 Å². The van der Waals surface area contributed by atoms with E-state index >= 15 is 0 Å². The molecule has 0 radical (unpaired) electrons. The Morgan fingerprint density at radius 1 is 1.29 bits per heavy atom. The Labute approximate surface area is 137 Å². The Balaban J connectivity index is 2.24. The number of aliphatic hydroxyl groups excluding tert-OH is 4. The van der Waals surface area contributed by atoms with Gasteiger partial charge < -0.3 is 35.2 Å². The number of anilines is 1. The number of benzene rings is 1. The molecule has 1 aromatic carbocycles. The third-order valence-corrected chi connectivity index (χ3v) is 3.67. The van der Waals surface area contributed by atoms with Crippen molar-refractivity contribution in [1.82, 2.24) is 0 Å². The number of hydrogen-bond donors (Lipinski definition) is 5. The van der Waals surface area contributed by atoms with E-state index in [0.717, 1.165) is 0 Å². The van der Waals surface area contributed by atoms with E-state index in [-0.39, 0.29) is 11.4 Å². The molecule has 134 valence electrons. The minimum absolute atomic E-state index is 0.0350. The van der Waals surface area contributed by atoms with Crippen LogP contribution in [-0.2, 0) is 4.74 Å². The Hall–Kier alpha value is -1.98. The predicted octanol–water partition coefficient (Wildman–Crippen LogP) is -0.795. The van der Waals surface area contributed by atoms with Crippen LogP contribution in [0.3, 0.4) is 0 Å². The molecule has 2 rings (SSSR count). The second kappa shape index (κ2) is 7.73. The lowest BCUT2D eigenvalue weighted by Crippen LogP contribution is -2.60. The molecule has 1 aliphatic heterocycles. The molecular weight excluding hydrogens is 324 g/mol. The van der Waals surface area contributed by atoms with Crippen LogP contribution in [0, 0.1) is 10.1 Å². The lowest BCUT2D eigenvalue weighted by Gasteiger charge is -2.40. The highest BCUT2D eigenvalue weighted by Gasteiger charge is 2.43. The summed E-state index contributed by atoms with van der Waals surface area (Å²) in [4.78, 5) is 10.6. The van der Waals surface area contributed by atoms with Crippen LogP contribution >= 0.6 is 0 Å². The number of aliphatic hydroxyl groups is 4. The first-order valence-corrected chi connectivity index (χ1v) is 7.37. The Kier molecular flexibility index (Phi) is 5.91. The molecule has 1 saturated heterocycles. The largest absolute Gasteiger partial charge is 0.494 e. The van der Waals surface area contributed by atoms with Crippen LogP contribution < -0.4 is 10.1 Å². The summed E-state index contributed by atoms with van der Waals surface area (Å²) in [5, 5.41) is 52.4. The van der Waals surface area contributed by atoms with Gasteiger partial charge in [-0.3, -0.25) is 10.1 Å². The fourth-order valence-electron chi connectivity index (χ4n) is 2.42. The summed E-state index contributed by atoms with van der Waals surface area (Å²) in [5.74, 6) is 0.309. The van der Waals surface area contributed by atoms with Crippen molar-refractivity contribution in [2.75, 3.05) is 18.5 Å². The molecule has 5 atom stereocenters. The van der Waals surface area contributed by atoms with Crippen LogP contribution in [0.5, 0.6) is 5.75 Å². The zero-order valence-electron chi connectivity index (χ0n) is 12.9. The van der Waals surface area contributed by atoms with Crippen LogP contribution in [0.1, 0.15) is 6.92 Å². The zero-order valence-corrected chi connectivity index (χ0v) is 12.9. The van der Waals surface area contributed by atoms with Gasteiger partial charge in [0.05, 0.1) is 24.2 Å². The molecule has 1 heterocycles. The van der Waals surface area contributed by atoms with Gasteiger partial charge in [-0.2, -0.15) is 0 Å². The summed E-state index contributed by atoms with van der Waals surface area (Å²) < 4.78 is 10.5. The van der Waals surface area contributed by atoms with E-state index in [1.54, 1.807) is 6.92 Å². The summed E-state index contributed by atoms with van der Waals surface area (Å²) in [5.41, 5.74) is -0.273. The van der Waals surface area contributed by atoms with E-state index in [0.29, 0.717) is 12.4 Å². The van der Waals surface area contributed by atoms with E-state index in [2.05, 4.69) is 5.32 Å². The first-order chi connectivity index (χ1) is 11.4. The molecule has 0 amide bonds. The van der Waals surface area contributed by atoms with E-state index in [4.69, 9.17) is 14.6 Å². The fraction of sp³-hybridized carbons (Fsp3) is 0.571. The van der Waals surface area contributed by atoms with E-state index in [1.807, 2.05) is 0 Å². The summed E-state index contributed by atoms with van der Waals surface area (Å²) in [6.07, 6.45) is -6.98.